The molecule has 0 saturated carbocycles. The smallest absolute Gasteiger partial charge is 0.316 e. The van der Waals surface area contributed by atoms with Crippen LogP contribution in [0.1, 0.15) is 26.7 Å². The van der Waals surface area contributed by atoms with Crippen LogP contribution in [0.25, 0.3) is 0 Å². The Bertz CT molecular complexity index is 275. The van der Waals surface area contributed by atoms with Crippen LogP contribution in [0, 0.1) is 11.8 Å². The first-order valence-corrected chi connectivity index (χ1v) is 6.25. The van der Waals surface area contributed by atoms with Crippen molar-refractivity contribution in [1.82, 2.24) is 0 Å². The predicted molar refractivity (Wildman–Crippen MR) is 57.4 cm³/mol. The van der Waals surface area contributed by atoms with Gasteiger partial charge in [-0.05, 0) is 12.8 Å². The van der Waals surface area contributed by atoms with E-state index in [2.05, 4.69) is 4.52 Å². The highest BCUT2D eigenvalue weighted by Gasteiger charge is 2.27. The summed E-state index contributed by atoms with van der Waals surface area (Å²) in [6.45, 7) is 3.27. The summed E-state index contributed by atoms with van der Waals surface area (Å²) < 4.78 is 14.6. The zero-order valence-electron chi connectivity index (χ0n) is 9.30. The topological polar surface area (TPSA) is 101 Å². The number of carboxylic acid groups (broad SMARTS) is 1. The van der Waals surface area contributed by atoms with E-state index in [0.717, 1.165) is 0 Å². The van der Waals surface area contributed by atoms with Gasteiger partial charge in [0.15, 0.2) is 0 Å². The molecule has 0 aromatic heterocycles. The van der Waals surface area contributed by atoms with Crippen LogP contribution < -0.4 is 0 Å². The van der Waals surface area contributed by atoms with Gasteiger partial charge in [0, 0.05) is 5.92 Å². The highest BCUT2D eigenvalue weighted by Crippen LogP contribution is 2.18. The highest BCUT2D eigenvalue weighted by molar-refractivity contribution is 7.32. The van der Waals surface area contributed by atoms with Crippen LogP contribution in [-0.4, -0.2) is 28.4 Å². The van der Waals surface area contributed by atoms with Gasteiger partial charge in [-0.1, -0.05) is 13.8 Å². The molecule has 2 N–H and O–H groups in total. The van der Waals surface area contributed by atoms with Gasteiger partial charge in [0.05, 0.1) is 6.61 Å². The lowest BCUT2D eigenvalue weighted by atomic mass is 9.91. The number of carbonyl (C=O) groups excluding carboxylic acids is 1. The summed E-state index contributed by atoms with van der Waals surface area (Å²) in [5.41, 5.74) is 0. The third-order valence-corrected chi connectivity index (χ3v) is 2.52. The van der Waals surface area contributed by atoms with Crippen LogP contribution in [0.15, 0.2) is 0 Å². The minimum atomic E-state index is -2.97. The number of ketones is 1. The van der Waals surface area contributed by atoms with Crippen molar-refractivity contribution in [3.8, 4) is 0 Å². The molecule has 6 nitrogen and oxygen atoms in total. The Labute approximate surface area is 94.6 Å². The molecule has 0 amide bonds. The van der Waals surface area contributed by atoms with E-state index < -0.39 is 20.1 Å². The maximum atomic E-state index is 11.5. The summed E-state index contributed by atoms with van der Waals surface area (Å²) in [5, 5.41) is 8.83. The zero-order chi connectivity index (χ0) is 12.7. The van der Waals surface area contributed by atoms with Crippen LogP contribution in [-0.2, 0) is 18.7 Å². The molecular weight excluding hydrogens is 235 g/mol. The SMILES string of the molecule is CC(C)C(=O)C(CCCO[PH](=O)O)C(=O)O. The molecule has 0 bridgehead atoms. The van der Waals surface area contributed by atoms with Gasteiger partial charge in [-0.15, -0.1) is 0 Å². The van der Waals surface area contributed by atoms with Crippen LogP contribution in [0.4, 0.5) is 0 Å². The van der Waals surface area contributed by atoms with Gasteiger partial charge in [-0.3, -0.25) is 14.2 Å². The van der Waals surface area contributed by atoms with E-state index in [1.807, 2.05) is 0 Å². The van der Waals surface area contributed by atoms with Crippen LogP contribution >= 0.6 is 8.25 Å². The molecule has 0 spiro atoms. The summed E-state index contributed by atoms with van der Waals surface area (Å²) in [5.74, 6) is -2.87. The third kappa shape index (κ3) is 6.00. The summed E-state index contributed by atoms with van der Waals surface area (Å²) in [6.07, 6.45) is 0.397. The minimum absolute atomic E-state index is 0.0105. The number of carboxylic acids is 1. The molecule has 0 saturated heterocycles. The minimum Gasteiger partial charge on any atom is -0.481 e. The van der Waals surface area contributed by atoms with Crippen molar-refractivity contribution < 1.29 is 28.7 Å². The standard InChI is InChI=1S/C9H17O6P/c1-6(2)8(10)7(9(11)12)4-3-5-15-16(13)14/h6-7,16H,3-5H2,1-2H3,(H,11,12)(H,13,14). The fourth-order valence-corrected chi connectivity index (χ4v) is 1.56. The Morgan fingerprint density at radius 3 is 2.31 bits per heavy atom. The van der Waals surface area contributed by atoms with E-state index in [-0.39, 0.29) is 31.1 Å². The summed E-state index contributed by atoms with van der Waals surface area (Å²) in [7, 11) is -2.97. The fourth-order valence-electron chi connectivity index (χ4n) is 1.24. The Balaban J connectivity index is 4.10. The number of Topliss-reactive ketones (excluding diaryl/α,β-unsaturated/α-hetero) is 1. The average Bonchev–Trinajstić information content (AvgIpc) is 2.15. The first kappa shape index (κ1) is 15.3. The van der Waals surface area contributed by atoms with Crippen LogP contribution in [0.3, 0.4) is 0 Å². The van der Waals surface area contributed by atoms with E-state index in [1.165, 1.54) is 0 Å². The van der Waals surface area contributed by atoms with Gasteiger partial charge in [-0.25, -0.2) is 0 Å². The normalized spacial score (nSPS) is 14.8. The first-order chi connectivity index (χ1) is 7.36. The van der Waals surface area contributed by atoms with Crippen molar-refractivity contribution in [3.05, 3.63) is 0 Å². The summed E-state index contributed by atoms with van der Waals surface area (Å²) in [4.78, 5) is 30.7. The van der Waals surface area contributed by atoms with Gasteiger partial charge in [0.2, 0.25) is 0 Å². The average molecular weight is 252 g/mol. The monoisotopic (exact) mass is 252 g/mol. The lowest BCUT2D eigenvalue weighted by molar-refractivity contribution is -0.147. The van der Waals surface area contributed by atoms with E-state index in [9.17, 15) is 14.2 Å². The van der Waals surface area contributed by atoms with E-state index in [1.54, 1.807) is 13.8 Å². The molecule has 0 fully saturated rings. The molecule has 0 aromatic rings. The molecule has 0 radical (unpaired) electrons. The van der Waals surface area contributed by atoms with Gasteiger partial charge in [0.25, 0.3) is 0 Å². The molecule has 2 unspecified atom stereocenters. The number of carbonyl (C=O) groups is 2. The maximum Gasteiger partial charge on any atom is 0.316 e. The maximum absolute atomic E-state index is 11.5. The number of hydrogen-bond acceptors (Lipinski definition) is 4. The van der Waals surface area contributed by atoms with Crippen molar-refractivity contribution in [3.63, 3.8) is 0 Å². The number of hydrogen-bond donors (Lipinski definition) is 2. The molecule has 0 aliphatic rings. The van der Waals surface area contributed by atoms with Crippen molar-refractivity contribution in [2.75, 3.05) is 6.61 Å². The van der Waals surface area contributed by atoms with Gasteiger partial charge >= 0.3 is 14.2 Å². The molecule has 0 rings (SSSR count). The molecule has 0 heterocycles. The molecule has 0 aliphatic heterocycles. The second-order valence-electron chi connectivity index (χ2n) is 3.70. The lowest BCUT2D eigenvalue weighted by Crippen LogP contribution is -2.27. The van der Waals surface area contributed by atoms with Crippen molar-refractivity contribution in [2.24, 2.45) is 11.8 Å². The molecule has 0 aliphatic carbocycles. The van der Waals surface area contributed by atoms with E-state index in [0.29, 0.717) is 0 Å². The second-order valence-corrected chi connectivity index (χ2v) is 4.52. The van der Waals surface area contributed by atoms with Gasteiger partial charge < -0.3 is 14.5 Å². The van der Waals surface area contributed by atoms with E-state index >= 15 is 0 Å². The molecule has 7 heteroatoms. The number of aliphatic carboxylic acids is 1. The Hall–Kier alpha value is -0.710. The molecule has 2 atom stereocenters. The number of rotatable bonds is 8. The molecule has 16 heavy (non-hydrogen) atoms. The fraction of sp³-hybridized carbons (Fsp3) is 0.778. The van der Waals surface area contributed by atoms with Crippen LogP contribution in [0.5, 0.6) is 0 Å². The van der Waals surface area contributed by atoms with Crippen molar-refractivity contribution >= 4 is 20.0 Å². The van der Waals surface area contributed by atoms with Crippen molar-refractivity contribution in [1.29, 1.82) is 0 Å². The highest BCUT2D eigenvalue weighted by atomic mass is 31.1. The predicted octanol–water partition coefficient (Wildman–Crippen LogP) is 1.09. The largest absolute Gasteiger partial charge is 0.481 e. The Morgan fingerprint density at radius 1 is 1.38 bits per heavy atom. The van der Waals surface area contributed by atoms with Crippen molar-refractivity contribution in [2.45, 2.75) is 26.7 Å². The molecule has 94 valence electrons. The van der Waals surface area contributed by atoms with E-state index in [4.69, 9.17) is 10.00 Å². The summed E-state index contributed by atoms with van der Waals surface area (Å²) in [6, 6.07) is 0. The zero-order valence-corrected chi connectivity index (χ0v) is 10.3. The summed E-state index contributed by atoms with van der Waals surface area (Å²) >= 11 is 0. The van der Waals surface area contributed by atoms with Gasteiger partial charge in [0.1, 0.15) is 11.7 Å². The Morgan fingerprint density at radius 2 is 1.94 bits per heavy atom. The molecule has 0 aromatic carbocycles. The lowest BCUT2D eigenvalue weighted by Gasteiger charge is -2.13. The first-order valence-electron chi connectivity index (χ1n) is 4.98. The molecular formula is C9H17O6P. The Kier molecular flexibility index (Phi) is 7.21. The third-order valence-electron chi connectivity index (χ3n) is 2.07. The quantitative estimate of drug-likeness (QED) is 0.381. The second kappa shape index (κ2) is 7.54. The van der Waals surface area contributed by atoms with Gasteiger partial charge in [-0.2, -0.15) is 0 Å². The van der Waals surface area contributed by atoms with Crippen LogP contribution in [0.2, 0.25) is 0 Å².